The summed E-state index contributed by atoms with van der Waals surface area (Å²) in [5.74, 6) is -2.70. The lowest BCUT2D eigenvalue weighted by Crippen LogP contribution is -2.53. The molecule has 8 nitrogen and oxygen atoms in total. The van der Waals surface area contributed by atoms with Crippen LogP contribution < -0.4 is 0 Å². The summed E-state index contributed by atoms with van der Waals surface area (Å²) < 4.78 is 15.6. The van der Waals surface area contributed by atoms with Gasteiger partial charge in [-0.2, -0.15) is 0 Å². The van der Waals surface area contributed by atoms with Gasteiger partial charge in [0.1, 0.15) is 0 Å². The third kappa shape index (κ3) is 5.74. The number of hydrogen-bond acceptors (Lipinski definition) is 8. The third-order valence-electron chi connectivity index (χ3n) is 8.17. The van der Waals surface area contributed by atoms with Gasteiger partial charge in [-0.1, -0.05) is 59.9 Å². The molecule has 0 unspecified atom stereocenters. The molecule has 218 valence electrons. The van der Waals surface area contributed by atoms with Crippen LogP contribution >= 0.6 is 23.5 Å². The van der Waals surface area contributed by atoms with Crippen LogP contribution in [0.4, 0.5) is 0 Å². The first-order valence-corrected chi connectivity index (χ1v) is 16.0. The van der Waals surface area contributed by atoms with Crippen molar-refractivity contribution in [3.63, 3.8) is 0 Å². The smallest absolute Gasteiger partial charge is 0.310 e. The van der Waals surface area contributed by atoms with Crippen molar-refractivity contribution in [3.05, 3.63) is 84.4 Å². The molecule has 4 atom stereocenters. The molecule has 3 heterocycles. The summed E-state index contributed by atoms with van der Waals surface area (Å²) in [7, 11) is 3.94. The highest BCUT2D eigenvalue weighted by molar-refractivity contribution is 7.99. The number of carbonyl (C=O) groups excluding carboxylic acids is 2. The van der Waals surface area contributed by atoms with Gasteiger partial charge in [0, 0.05) is 59.5 Å². The summed E-state index contributed by atoms with van der Waals surface area (Å²) in [4.78, 5) is 38.9. The fraction of sp³-hybridized carbons (Fsp3) is 0.375. The number of benzene rings is 2. The van der Waals surface area contributed by atoms with E-state index in [1.165, 1.54) is 0 Å². The Morgan fingerprint density at radius 3 is 1.43 bits per heavy atom. The third-order valence-corrected chi connectivity index (χ3v) is 10.3. The summed E-state index contributed by atoms with van der Waals surface area (Å²) in [5, 5.41) is 1.63. The maximum atomic E-state index is 13.6. The summed E-state index contributed by atoms with van der Waals surface area (Å²) in [6.45, 7) is 0.719. The number of hydrogen-bond donors (Lipinski definition) is 0. The lowest BCUT2D eigenvalue weighted by Gasteiger charge is -2.49. The predicted octanol–water partition coefficient (Wildman–Crippen LogP) is 6.23. The number of fused-ring (bicyclic) bond motifs is 1. The zero-order valence-electron chi connectivity index (χ0n) is 23.7. The summed E-state index contributed by atoms with van der Waals surface area (Å²) in [5.41, 5.74) is 1.77. The molecule has 10 heteroatoms. The molecular formula is C32H34N4O4S2. The second kappa shape index (κ2) is 12.8. The number of imidazole rings is 2. The highest BCUT2D eigenvalue weighted by Gasteiger charge is 2.61. The largest absolute Gasteiger partial charge is 0.465 e. The van der Waals surface area contributed by atoms with Crippen LogP contribution in [0.3, 0.4) is 0 Å². The number of cyclic esters (lactones) is 2. The molecule has 1 aliphatic carbocycles. The average molecular weight is 603 g/mol. The van der Waals surface area contributed by atoms with Crippen LogP contribution in [0, 0.1) is 11.8 Å². The molecule has 2 fully saturated rings. The van der Waals surface area contributed by atoms with E-state index in [-0.39, 0.29) is 23.8 Å². The minimum absolute atomic E-state index is 0.328. The number of esters is 2. The van der Waals surface area contributed by atoms with E-state index in [9.17, 15) is 9.59 Å². The van der Waals surface area contributed by atoms with Crippen molar-refractivity contribution < 1.29 is 19.1 Å². The van der Waals surface area contributed by atoms with Crippen LogP contribution in [0.25, 0.3) is 0 Å². The fourth-order valence-electron chi connectivity index (χ4n) is 5.97. The van der Waals surface area contributed by atoms with Gasteiger partial charge in [-0.3, -0.25) is 9.59 Å². The Bertz CT molecular complexity index is 1420. The maximum Gasteiger partial charge on any atom is 0.310 e. The molecule has 0 spiro atoms. The lowest BCUT2D eigenvalue weighted by molar-refractivity contribution is -0.173. The minimum atomic E-state index is -0.674. The molecule has 2 aromatic carbocycles. The number of ether oxygens (including phenoxy) is 2. The second-order valence-electron chi connectivity index (χ2n) is 10.7. The van der Waals surface area contributed by atoms with Crippen molar-refractivity contribution in [3.8, 4) is 0 Å². The van der Waals surface area contributed by atoms with Gasteiger partial charge in [0.05, 0.1) is 25.0 Å². The quantitative estimate of drug-likeness (QED) is 0.240. The number of aromatic nitrogens is 4. The van der Waals surface area contributed by atoms with Gasteiger partial charge < -0.3 is 18.6 Å². The highest BCUT2D eigenvalue weighted by Crippen LogP contribution is 2.59. The van der Waals surface area contributed by atoms with Crippen molar-refractivity contribution in [1.82, 2.24) is 19.1 Å². The van der Waals surface area contributed by atoms with Crippen molar-refractivity contribution >= 4 is 35.5 Å². The molecule has 0 bridgehead atoms. The number of nitrogens with zero attached hydrogens (tertiary/aromatic N) is 4. The van der Waals surface area contributed by atoms with Gasteiger partial charge in [-0.15, -0.1) is 0 Å². The van der Waals surface area contributed by atoms with Crippen LogP contribution in [0.2, 0.25) is 0 Å². The van der Waals surface area contributed by atoms with E-state index in [4.69, 9.17) is 19.4 Å². The van der Waals surface area contributed by atoms with E-state index in [0.717, 1.165) is 57.2 Å². The van der Waals surface area contributed by atoms with E-state index < -0.39 is 11.8 Å². The van der Waals surface area contributed by atoms with Crippen LogP contribution in [-0.4, -0.2) is 44.3 Å². The topological polar surface area (TPSA) is 88.2 Å². The van der Waals surface area contributed by atoms with Crippen LogP contribution in [0.15, 0.2) is 93.2 Å². The summed E-state index contributed by atoms with van der Waals surface area (Å²) in [6, 6.07) is 20.1. The van der Waals surface area contributed by atoms with Gasteiger partial charge in [-0.25, -0.2) is 9.97 Å². The van der Waals surface area contributed by atoms with Crippen molar-refractivity contribution in [1.29, 1.82) is 0 Å². The minimum Gasteiger partial charge on any atom is -0.465 e. The molecule has 2 aromatic heterocycles. The van der Waals surface area contributed by atoms with Crippen LogP contribution in [0.5, 0.6) is 0 Å². The van der Waals surface area contributed by atoms with Crippen LogP contribution in [0.1, 0.15) is 48.9 Å². The first-order valence-electron chi connectivity index (χ1n) is 14.3. The highest BCUT2D eigenvalue weighted by atomic mass is 32.2. The Morgan fingerprint density at radius 2 is 1.02 bits per heavy atom. The molecule has 42 heavy (non-hydrogen) atoms. The Labute approximate surface area is 254 Å². The Hall–Kier alpha value is -3.50. The van der Waals surface area contributed by atoms with E-state index in [1.54, 1.807) is 23.5 Å². The standard InChI is InChI=1S/C32H34N4O4S2/c1-35-23(19-33-31(35)41-21-13-7-5-8-14-21)25-26(24-20-34-32(36(24)2)42-22-15-9-6-10-16-22)28-27(25)29(37)39-17-11-3-4-12-18-40-30(28)38/h5-10,13-16,19-20,25-28H,3-4,11-12,17-18H2,1-2H3/t25-,26+,27+,28-. The molecule has 0 amide bonds. The van der Waals surface area contributed by atoms with E-state index >= 15 is 0 Å². The molecule has 0 N–H and O–H groups in total. The Balaban J connectivity index is 1.39. The first-order chi connectivity index (χ1) is 20.5. The van der Waals surface area contributed by atoms with Gasteiger partial charge in [0.15, 0.2) is 10.3 Å². The second-order valence-corrected chi connectivity index (χ2v) is 12.8. The Kier molecular flexibility index (Phi) is 8.71. The predicted molar refractivity (Wildman–Crippen MR) is 160 cm³/mol. The van der Waals surface area contributed by atoms with Gasteiger partial charge in [0.25, 0.3) is 0 Å². The molecule has 6 rings (SSSR count). The number of carbonyl (C=O) groups is 2. The Morgan fingerprint density at radius 1 is 0.619 bits per heavy atom. The zero-order valence-corrected chi connectivity index (χ0v) is 25.4. The van der Waals surface area contributed by atoms with Crippen molar-refractivity contribution in [2.24, 2.45) is 25.9 Å². The summed E-state index contributed by atoms with van der Waals surface area (Å²) >= 11 is 3.13. The van der Waals surface area contributed by atoms with E-state index in [2.05, 4.69) is 0 Å². The number of rotatable bonds is 6. The molecular weight excluding hydrogens is 569 g/mol. The van der Waals surface area contributed by atoms with E-state index in [1.807, 2.05) is 96.3 Å². The van der Waals surface area contributed by atoms with Gasteiger partial charge in [0.2, 0.25) is 0 Å². The molecule has 1 aliphatic heterocycles. The molecule has 2 aliphatic rings. The van der Waals surface area contributed by atoms with E-state index in [0.29, 0.717) is 13.2 Å². The maximum absolute atomic E-state index is 13.6. The molecule has 0 radical (unpaired) electrons. The van der Waals surface area contributed by atoms with Crippen molar-refractivity contribution in [2.75, 3.05) is 13.2 Å². The lowest BCUT2D eigenvalue weighted by atomic mass is 9.54. The zero-order chi connectivity index (χ0) is 29.1. The monoisotopic (exact) mass is 602 g/mol. The summed E-state index contributed by atoms with van der Waals surface area (Å²) in [6.07, 6.45) is 7.15. The first kappa shape index (κ1) is 28.6. The van der Waals surface area contributed by atoms with Gasteiger partial charge in [-0.05, 0) is 49.9 Å². The molecule has 4 aromatic rings. The normalized spacial score (nSPS) is 23.1. The molecule has 1 saturated carbocycles. The van der Waals surface area contributed by atoms with Crippen LogP contribution in [-0.2, 0) is 33.2 Å². The fourth-order valence-corrected chi connectivity index (χ4v) is 7.68. The SMILES string of the molecule is Cn1c([C@@H]2[C@H]3C(=O)OCCCCCCOC(=O)[C@H]3[C@@H]2c2cnc(Sc3ccccc3)n2C)cnc1Sc1ccccc1. The molecule has 1 saturated heterocycles. The van der Waals surface area contributed by atoms with Gasteiger partial charge >= 0.3 is 11.9 Å². The average Bonchev–Trinajstić information content (AvgIpc) is 3.51. The van der Waals surface area contributed by atoms with Crippen molar-refractivity contribution in [2.45, 2.75) is 57.6 Å².